The van der Waals surface area contributed by atoms with Gasteiger partial charge in [0.05, 0.1) is 5.69 Å². The highest BCUT2D eigenvalue weighted by atomic mass is 16.4. The number of carboxylic acid groups (broad SMARTS) is 1. The summed E-state index contributed by atoms with van der Waals surface area (Å²) >= 11 is 0. The van der Waals surface area contributed by atoms with Crippen LogP contribution in [0.4, 0.5) is 5.82 Å². The van der Waals surface area contributed by atoms with Gasteiger partial charge in [0.2, 0.25) is 0 Å². The van der Waals surface area contributed by atoms with Crippen LogP contribution in [0.1, 0.15) is 55.2 Å². The molecule has 1 aliphatic rings. The predicted octanol–water partition coefficient (Wildman–Crippen LogP) is 2.77. The van der Waals surface area contributed by atoms with Gasteiger partial charge in [0.15, 0.2) is 11.5 Å². The molecule has 0 saturated carbocycles. The number of carboxylic acids is 1. The smallest absolute Gasteiger partial charge is 0.352 e. The number of H-pyrrole nitrogens is 1. The van der Waals surface area contributed by atoms with E-state index >= 15 is 0 Å². The topological polar surface area (TPSA) is 82.1 Å². The fourth-order valence-electron chi connectivity index (χ4n) is 2.79. The molecule has 21 heavy (non-hydrogen) atoms. The summed E-state index contributed by atoms with van der Waals surface area (Å²) in [6.45, 7) is 6.17. The van der Waals surface area contributed by atoms with Crippen molar-refractivity contribution in [2.45, 2.75) is 39.0 Å². The molecule has 2 N–H and O–H groups in total. The first-order valence-electron chi connectivity index (χ1n) is 7.45. The third-order valence-corrected chi connectivity index (χ3v) is 3.90. The van der Waals surface area contributed by atoms with E-state index in [0.717, 1.165) is 24.6 Å². The molecule has 0 unspecified atom stereocenters. The Bertz CT molecular complexity index is 672. The molecule has 0 radical (unpaired) electrons. The highest BCUT2D eigenvalue weighted by Crippen LogP contribution is 2.28. The summed E-state index contributed by atoms with van der Waals surface area (Å²) in [5, 5.41) is 9.09. The van der Waals surface area contributed by atoms with Crippen molar-refractivity contribution in [1.29, 1.82) is 0 Å². The lowest BCUT2D eigenvalue weighted by molar-refractivity contribution is 0.0691. The number of anilines is 1. The van der Waals surface area contributed by atoms with E-state index in [9.17, 15) is 4.79 Å². The van der Waals surface area contributed by atoms with E-state index in [1.165, 1.54) is 19.3 Å². The molecule has 6 heteroatoms. The van der Waals surface area contributed by atoms with Crippen LogP contribution in [0.5, 0.6) is 0 Å². The zero-order valence-electron chi connectivity index (χ0n) is 12.4. The second-order valence-electron chi connectivity index (χ2n) is 5.86. The predicted molar refractivity (Wildman–Crippen MR) is 81.0 cm³/mol. The molecule has 112 valence electrons. The van der Waals surface area contributed by atoms with Crippen LogP contribution >= 0.6 is 0 Å². The molecule has 3 heterocycles. The Morgan fingerprint density at radius 1 is 1.29 bits per heavy atom. The average molecular weight is 288 g/mol. The van der Waals surface area contributed by atoms with Gasteiger partial charge in [-0.25, -0.2) is 14.8 Å². The first kappa shape index (κ1) is 13.9. The van der Waals surface area contributed by atoms with Gasteiger partial charge < -0.3 is 15.0 Å². The fourth-order valence-corrected chi connectivity index (χ4v) is 2.79. The van der Waals surface area contributed by atoms with Crippen LogP contribution in [0.15, 0.2) is 6.07 Å². The van der Waals surface area contributed by atoms with Gasteiger partial charge in [0, 0.05) is 13.1 Å². The minimum absolute atomic E-state index is 0.135. The third kappa shape index (κ3) is 2.57. The normalized spacial score (nSPS) is 15.9. The molecule has 2 aromatic heterocycles. The maximum Gasteiger partial charge on any atom is 0.352 e. The van der Waals surface area contributed by atoms with Crippen LogP contribution in [-0.4, -0.2) is 39.1 Å². The second-order valence-corrected chi connectivity index (χ2v) is 5.86. The fraction of sp³-hybridized carbons (Fsp3) is 0.533. The van der Waals surface area contributed by atoms with Crippen molar-refractivity contribution in [3.05, 3.63) is 17.5 Å². The summed E-state index contributed by atoms with van der Waals surface area (Å²) in [7, 11) is 0. The summed E-state index contributed by atoms with van der Waals surface area (Å²) in [5.41, 5.74) is 2.25. The van der Waals surface area contributed by atoms with E-state index in [0.29, 0.717) is 11.2 Å². The molecule has 6 nitrogen and oxygen atoms in total. The Morgan fingerprint density at radius 2 is 2.00 bits per heavy atom. The number of piperidine rings is 1. The molecule has 0 atom stereocenters. The first-order chi connectivity index (χ1) is 10.1. The van der Waals surface area contributed by atoms with Crippen LogP contribution in [0.2, 0.25) is 0 Å². The van der Waals surface area contributed by atoms with Crippen molar-refractivity contribution in [3.63, 3.8) is 0 Å². The van der Waals surface area contributed by atoms with Crippen molar-refractivity contribution < 1.29 is 9.90 Å². The molecule has 1 aliphatic heterocycles. The molecule has 0 aliphatic carbocycles. The molecule has 0 aromatic carbocycles. The lowest BCUT2D eigenvalue weighted by Crippen LogP contribution is -2.31. The zero-order chi connectivity index (χ0) is 15.0. The number of nitrogens with zero attached hydrogens (tertiary/aromatic N) is 3. The Morgan fingerprint density at radius 3 is 2.62 bits per heavy atom. The molecular weight excluding hydrogens is 268 g/mol. The van der Waals surface area contributed by atoms with E-state index in [-0.39, 0.29) is 11.6 Å². The summed E-state index contributed by atoms with van der Waals surface area (Å²) in [6, 6.07) is 1.55. The monoisotopic (exact) mass is 288 g/mol. The van der Waals surface area contributed by atoms with E-state index in [1.54, 1.807) is 6.07 Å². The zero-order valence-corrected chi connectivity index (χ0v) is 12.4. The van der Waals surface area contributed by atoms with Gasteiger partial charge in [-0.3, -0.25) is 0 Å². The maximum atomic E-state index is 11.1. The van der Waals surface area contributed by atoms with Crippen LogP contribution in [0.3, 0.4) is 0 Å². The van der Waals surface area contributed by atoms with Crippen molar-refractivity contribution in [2.24, 2.45) is 0 Å². The Hall–Kier alpha value is -2.11. The SMILES string of the molecule is CC(C)c1nc2cc(C(=O)O)[nH]c2nc1N1CCCCC1. The molecule has 1 saturated heterocycles. The van der Waals surface area contributed by atoms with Crippen molar-refractivity contribution in [2.75, 3.05) is 18.0 Å². The minimum atomic E-state index is -0.986. The van der Waals surface area contributed by atoms with E-state index in [4.69, 9.17) is 5.11 Å². The van der Waals surface area contributed by atoms with E-state index in [2.05, 4.69) is 33.7 Å². The maximum absolute atomic E-state index is 11.1. The van der Waals surface area contributed by atoms with Gasteiger partial charge in [-0.2, -0.15) is 0 Å². The number of nitrogens with one attached hydrogen (secondary N) is 1. The quantitative estimate of drug-likeness (QED) is 0.907. The minimum Gasteiger partial charge on any atom is -0.477 e. The summed E-state index contributed by atoms with van der Waals surface area (Å²) < 4.78 is 0. The van der Waals surface area contributed by atoms with E-state index in [1.807, 2.05) is 0 Å². The Labute approximate surface area is 123 Å². The van der Waals surface area contributed by atoms with Gasteiger partial charge in [-0.1, -0.05) is 13.8 Å². The van der Waals surface area contributed by atoms with Crippen molar-refractivity contribution >= 4 is 23.0 Å². The molecule has 0 amide bonds. The number of aromatic amines is 1. The Kier molecular flexibility index (Phi) is 3.53. The van der Waals surface area contributed by atoms with Crippen LogP contribution < -0.4 is 4.90 Å². The van der Waals surface area contributed by atoms with Gasteiger partial charge in [-0.15, -0.1) is 0 Å². The van der Waals surface area contributed by atoms with Crippen molar-refractivity contribution in [1.82, 2.24) is 15.0 Å². The van der Waals surface area contributed by atoms with Crippen LogP contribution in [0.25, 0.3) is 11.2 Å². The van der Waals surface area contributed by atoms with Crippen LogP contribution in [0, 0.1) is 0 Å². The lowest BCUT2D eigenvalue weighted by atomic mass is 10.1. The lowest BCUT2D eigenvalue weighted by Gasteiger charge is -2.29. The summed E-state index contributed by atoms with van der Waals surface area (Å²) in [4.78, 5) is 25.5. The van der Waals surface area contributed by atoms with Gasteiger partial charge in [0.1, 0.15) is 11.2 Å². The highest BCUT2D eigenvalue weighted by Gasteiger charge is 2.21. The number of carbonyl (C=O) groups is 1. The number of rotatable bonds is 3. The number of aromatic nitrogens is 3. The second kappa shape index (κ2) is 5.35. The van der Waals surface area contributed by atoms with E-state index < -0.39 is 5.97 Å². The average Bonchev–Trinajstić information content (AvgIpc) is 2.90. The third-order valence-electron chi connectivity index (χ3n) is 3.90. The van der Waals surface area contributed by atoms with Crippen LogP contribution in [-0.2, 0) is 0 Å². The highest BCUT2D eigenvalue weighted by molar-refractivity contribution is 5.91. The first-order valence-corrected chi connectivity index (χ1v) is 7.45. The van der Waals surface area contributed by atoms with Crippen molar-refractivity contribution in [3.8, 4) is 0 Å². The standard InChI is InChI=1S/C15H20N4O2/c1-9(2)12-14(19-6-4-3-5-7-19)18-13-10(16-12)8-11(17-13)15(20)21/h8-9H,3-7H2,1-2H3,(H,17,18)(H,20,21). The molecule has 3 rings (SSSR count). The number of hydrogen-bond acceptors (Lipinski definition) is 4. The van der Waals surface area contributed by atoms with Gasteiger partial charge in [-0.05, 0) is 31.2 Å². The summed E-state index contributed by atoms with van der Waals surface area (Å²) in [5.74, 6) is 0.165. The molecule has 2 aromatic rings. The number of aromatic carboxylic acids is 1. The Balaban J connectivity index is 2.11. The molecular formula is C15H20N4O2. The summed E-state index contributed by atoms with van der Waals surface area (Å²) in [6.07, 6.45) is 3.60. The van der Waals surface area contributed by atoms with Gasteiger partial charge >= 0.3 is 5.97 Å². The molecule has 0 bridgehead atoms. The number of hydrogen-bond donors (Lipinski definition) is 2. The molecule has 0 spiro atoms. The van der Waals surface area contributed by atoms with Gasteiger partial charge in [0.25, 0.3) is 0 Å². The number of fused-ring (bicyclic) bond motifs is 1. The molecule has 1 fully saturated rings. The largest absolute Gasteiger partial charge is 0.477 e.